The van der Waals surface area contributed by atoms with E-state index < -0.39 is 58.3 Å². The summed E-state index contributed by atoms with van der Waals surface area (Å²) in [6.07, 6.45) is -12.3. The number of alkyl halides is 6. The molecular weight excluding hydrogens is 342 g/mol. The minimum atomic E-state index is -6.13. The van der Waals surface area contributed by atoms with Crippen LogP contribution in [0.25, 0.3) is 0 Å². The van der Waals surface area contributed by atoms with Crippen molar-refractivity contribution in [2.24, 2.45) is 0 Å². The normalized spacial score (nSPS) is 12.5. The van der Waals surface area contributed by atoms with E-state index in [4.69, 9.17) is 0 Å². The molecule has 0 aliphatic heterocycles. The van der Waals surface area contributed by atoms with Gasteiger partial charge >= 0.3 is 24.4 Å². The van der Waals surface area contributed by atoms with E-state index in [2.05, 4.69) is 0 Å². The van der Waals surface area contributed by atoms with Crippen LogP contribution in [0, 0.1) is 11.6 Å². The van der Waals surface area contributed by atoms with Crippen LogP contribution in [0.2, 0.25) is 0 Å². The predicted molar refractivity (Wildman–Crippen MR) is 47.2 cm³/mol. The van der Waals surface area contributed by atoms with Crippen molar-refractivity contribution in [2.45, 2.75) is 12.4 Å². The predicted octanol–water partition coefficient (Wildman–Crippen LogP) is 4.22. The molecular formula is C10F10O2. The quantitative estimate of drug-likeness (QED) is 0.596. The van der Waals surface area contributed by atoms with Crippen LogP contribution in [0.15, 0.2) is 0 Å². The summed E-state index contributed by atoms with van der Waals surface area (Å²) in [7, 11) is 0. The van der Waals surface area contributed by atoms with E-state index in [1.54, 1.807) is 0 Å². The highest BCUT2D eigenvalue weighted by Crippen LogP contribution is 2.44. The van der Waals surface area contributed by atoms with Crippen LogP contribution in [0.4, 0.5) is 43.9 Å². The Morgan fingerprint density at radius 1 is 0.636 bits per heavy atom. The molecule has 0 aliphatic rings. The van der Waals surface area contributed by atoms with E-state index in [1.165, 1.54) is 0 Å². The molecule has 22 heavy (non-hydrogen) atoms. The summed E-state index contributed by atoms with van der Waals surface area (Å²) in [5, 5.41) is 0. The number of carbonyl (C=O) groups is 2. The van der Waals surface area contributed by atoms with Gasteiger partial charge in [0.1, 0.15) is 28.1 Å². The molecule has 1 rings (SSSR count). The second-order valence-corrected chi connectivity index (χ2v) is 3.67. The van der Waals surface area contributed by atoms with E-state index in [0.717, 1.165) is 0 Å². The van der Waals surface area contributed by atoms with Crippen LogP contribution in [-0.4, -0.2) is 12.1 Å². The van der Waals surface area contributed by atoms with Gasteiger partial charge in [0, 0.05) is 0 Å². The van der Waals surface area contributed by atoms with Gasteiger partial charge in [-0.3, -0.25) is 9.59 Å². The van der Waals surface area contributed by atoms with Gasteiger partial charge in [0.05, 0.1) is 0 Å². The average Bonchev–Trinajstić information content (AvgIpc) is 2.26. The van der Waals surface area contributed by atoms with E-state index in [0.29, 0.717) is 0 Å². The van der Waals surface area contributed by atoms with Crippen molar-refractivity contribution in [3.63, 3.8) is 0 Å². The molecule has 0 unspecified atom stereocenters. The lowest BCUT2D eigenvalue weighted by Gasteiger charge is -2.18. The number of rotatable bonds is 2. The fraction of sp³-hybridized carbons (Fsp3) is 0.200. The molecule has 0 saturated heterocycles. The van der Waals surface area contributed by atoms with Crippen molar-refractivity contribution >= 4 is 12.1 Å². The lowest BCUT2D eigenvalue weighted by molar-refractivity contribution is -0.148. The Hall–Kier alpha value is -2.14. The summed E-state index contributed by atoms with van der Waals surface area (Å²) < 4.78 is 127. The van der Waals surface area contributed by atoms with Crippen molar-refractivity contribution in [2.75, 3.05) is 0 Å². The maximum Gasteiger partial charge on any atom is 0.420 e. The highest BCUT2D eigenvalue weighted by atomic mass is 19.4. The van der Waals surface area contributed by atoms with Gasteiger partial charge in [-0.2, -0.15) is 35.1 Å². The zero-order valence-corrected chi connectivity index (χ0v) is 9.60. The van der Waals surface area contributed by atoms with E-state index >= 15 is 0 Å². The highest BCUT2D eigenvalue weighted by Gasteiger charge is 2.50. The molecule has 0 fully saturated rings. The smallest absolute Gasteiger partial charge is 0.255 e. The van der Waals surface area contributed by atoms with Crippen molar-refractivity contribution < 1.29 is 53.5 Å². The number of benzene rings is 1. The Kier molecular flexibility index (Phi) is 4.27. The number of hydrogen-bond donors (Lipinski definition) is 0. The summed E-state index contributed by atoms with van der Waals surface area (Å²) >= 11 is 0. The molecule has 0 spiro atoms. The standard InChI is InChI=1S/C10F10O2/c11-5-1(7(13)21)3(9(15,16)17)6(12)4(10(18,19)20)2(5)8(14)22. The third-order valence-corrected chi connectivity index (χ3v) is 2.34. The zero-order chi connectivity index (χ0) is 17.6. The van der Waals surface area contributed by atoms with Gasteiger partial charge in [-0.15, -0.1) is 0 Å². The van der Waals surface area contributed by atoms with Gasteiger partial charge in [-0.25, -0.2) is 8.78 Å². The SMILES string of the molecule is O=C(F)c1c(F)c(C(=O)F)c(C(F)(F)F)c(F)c1C(F)(F)F. The number of halogens is 10. The molecule has 0 radical (unpaired) electrons. The Morgan fingerprint density at radius 3 is 1.09 bits per heavy atom. The summed E-state index contributed by atoms with van der Waals surface area (Å²) in [6.45, 7) is 0. The summed E-state index contributed by atoms with van der Waals surface area (Å²) in [4.78, 5) is 20.7. The van der Waals surface area contributed by atoms with Crippen molar-refractivity contribution in [3.05, 3.63) is 33.9 Å². The molecule has 2 nitrogen and oxygen atoms in total. The maximum absolute atomic E-state index is 13.4. The van der Waals surface area contributed by atoms with Crippen LogP contribution in [0.5, 0.6) is 0 Å². The van der Waals surface area contributed by atoms with Gasteiger partial charge in [0.2, 0.25) is 0 Å². The molecule has 0 bridgehead atoms. The summed E-state index contributed by atoms with van der Waals surface area (Å²) in [5.74, 6) is -6.48. The van der Waals surface area contributed by atoms with E-state index in [1.807, 2.05) is 0 Å². The Labute approximate surface area is 113 Å². The van der Waals surface area contributed by atoms with Crippen LogP contribution in [0.1, 0.15) is 31.8 Å². The number of carbonyl (C=O) groups excluding carboxylic acids is 2. The minimum Gasteiger partial charge on any atom is -0.255 e. The Balaban J connectivity index is 4.18. The van der Waals surface area contributed by atoms with Crippen LogP contribution in [-0.2, 0) is 12.4 Å². The van der Waals surface area contributed by atoms with Crippen molar-refractivity contribution in [3.8, 4) is 0 Å². The lowest BCUT2D eigenvalue weighted by atomic mass is 9.95. The third-order valence-electron chi connectivity index (χ3n) is 2.34. The zero-order valence-electron chi connectivity index (χ0n) is 9.60. The maximum atomic E-state index is 13.4. The Morgan fingerprint density at radius 2 is 0.909 bits per heavy atom. The van der Waals surface area contributed by atoms with Crippen molar-refractivity contribution in [1.29, 1.82) is 0 Å². The molecule has 0 N–H and O–H groups in total. The molecule has 0 heterocycles. The third kappa shape index (κ3) is 2.90. The Bertz CT molecular complexity index is 602. The fourth-order valence-electron chi connectivity index (χ4n) is 1.59. The second kappa shape index (κ2) is 5.25. The molecule has 0 atom stereocenters. The molecule has 0 aromatic heterocycles. The molecule has 1 aromatic carbocycles. The number of hydrogen-bond acceptors (Lipinski definition) is 2. The molecule has 0 aliphatic carbocycles. The van der Waals surface area contributed by atoms with E-state index in [9.17, 15) is 53.5 Å². The fourth-order valence-corrected chi connectivity index (χ4v) is 1.59. The van der Waals surface area contributed by atoms with Gasteiger partial charge in [0.25, 0.3) is 0 Å². The van der Waals surface area contributed by atoms with Gasteiger partial charge in [0.15, 0.2) is 5.82 Å². The first-order valence-electron chi connectivity index (χ1n) is 4.80. The van der Waals surface area contributed by atoms with Crippen LogP contribution >= 0.6 is 0 Å². The summed E-state index contributed by atoms with van der Waals surface area (Å²) in [5.41, 5.74) is -12.2. The average molecular weight is 342 g/mol. The van der Waals surface area contributed by atoms with Crippen molar-refractivity contribution in [1.82, 2.24) is 0 Å². The molecule has 12 heteroatoms. The monoisotopic (exact) mass is 342 g/mol. The largest absolute Gasteiger partial charge is 0.420 e. The van der Waals surface area contributed by atoms with Crippen LogP contribution in [0.3, 0.4) is 0 Å². The molecule has 0 amide bonds. The molecule has 122 valence electrons. The summed E-state index contributed by atoms with van der Waals surface area (Å²) in [6, 6.07) is -6.67. The first-order chi connectivity index (χ1) is 9.71. The second-order valence-electron chi connectivity index (χ2n) is 3.67. The highest BCUT2D eigenvalue weighted by molar-refractivity contribution is 5.97. The lowest BCUT2D eigenvalue weighted by Crippen LogP contribution is -2.25. The van der Waals surface area contributed by atoms with E-state index in [-0.39, 0.29) is 0 Å². The first kappa shape index (κ1) is 17.9. The molecule has 1 aromatic rings. The molecule has 0 saturated carbocycles. The van der Waals surface area contributed by atoms with Crippen LogP contribution < -0.4 is 0 Å². The van der Waals surface area contributed by atoms with Gasteiger partial charge < -0.3 is 0 Å². The van der Waals surface area contributed by atoms with Gasteiger partial charge in [-0.1, -0.05) is 0 Å². The first-order valence-corrected chi connectivity index (χ1v) is 4.80. The van der Waals surface area contributed by atoms with Gasteiger partial charge in [-0.05, 0) is 0 Å². The topological polar surface area (TPSA) is 34.1 Å². The minimum absolute atomic E-state index is 2.85.